The van der Waals surface area contributed by atoms with Crippen molar-refractivity contribution in [2.75, 3.05) is 11.9 Å². The van der Waals surface area contributed by atoms with E-state index in [1.165, 1.54) is 42.7 Å². The van der Waals surface area contributed by atoms with Crippen LogP contribution < -0.4 is 26.1 Å². The zero-order valence-corrected chi connectivity index (χ0v) is 36.1. The number of pyridine rings is 2. The monoisotopic (exact) mass is 910 g/mol. The number of aromatic amines is 1. The first kappa shape index (κ1) is 46.0. The van der Waals surface area contributed by atoms with E-state index in [9.17, 15) is 45.7 Å². The number of aliphatic carboxylic acids is 1. The molecule has 7 N–H and O–H groups in total. The summed E-state index contributed by atoms with van der Waals surface area (Å²) in [5, 5.41) is 26.1. The number of aryl methyl sites for hydroxylation is 4. The average molecular weight is 911 g/mol. The number of rotatable bonds is 18. The van der Waals surface area contributed by atoms with Gasteiger partial charge in [0.1, 0.15) is 5.56 Å². The minimum Gasteiger partial charge on any atom is -0.477 e. The van der Waals surface area contributed by atoms with E-state index >= 15 is 0 Å². The van der Waals surface area contributed by atoms with Crippen LogP contribution in [0.5, 0.6) is 0 Å². The van der Waals surface area contributed by atoms with E-state index in [4.69, 9.17) is 0 Å². The van der Waals surface area contributed by atoms with Gasteiger partial charge in [-0.05, 0) is 79.8 Å². The van der Waals surface area contributed by atoms with Gasteiger partial charge in [0.25, 0.3) is 32.0 Å². The summed E-state index contributed by atoms with van der Waals surface area (Å²) in [7, 11) is -8.86. The van der Waals surface area contributed by atoms with Crippen molar-refractivity contribution in [2.45, 2.75) is 56.6 Å². The number of amides is 2. The molecule has 0 atom stereocenters. The Hall–Kier alpha value is -7.56. The van der Waals surface area contributed by atoms with Crippen molar-refractivity contribution < 1.29 is 40.9 Å². The van der Waals surface area contributed by atoms with Crippen LogP contribution in [0.15, 0.2) is 128 Å². The second-order valence-corrected chi connectivity index (χ2v) is 17.4. The predicted octanol–water partition coefficient (Wildman–Crippen LogP) is 4.64. The van der Waals surface area contributed by atoms with Crippen LogP contribution in [0, 0.1) is 20.8 Å². The van der Waals surface area contributed by atoms with E-state index in [2.05, 4.69) is 41.1 Å². The van der Waals surface area contributed by atoms with Gasteiger partial charge in [-0.3, -0.25) is 23.7 Å². The molecule has 0 saturated heterocycles. The third-order valence-electron chi connectivity index (χ3n) is 9.58. The number of H-pyrrole nitrogens is 1. The molecule has 3 aromatic heterocycles. The van der Waals surface area contributed by atoms with Gasteiger partial charge in [0.2, 0.25) is 5.43 Å². The summed E-state index contributed by atoms with van der Waals surface area (Å²) >= 11 is 0. The van der Waals surface area contributed by atoms with E-state index in [0.717, 1.165) is 11.1 Å². The normalized spacial score (nSPS) is 12.0. The maximum atomic E-state index is 13.8. The molecule has 0 aliphatic rings. The number of azo groups is 1. The maximum Gasteiger partial charge on any atom is 0.354 e. The molecule has 0 unspecified atom stereocenters. The summed E-state index contributed by atoms with van der Waals surface area (Å²) in [6, 6.07) is 17.0. The van der Waals surface area contributed by atoms with Crippen LogP contribution in [-0.2, 0) is 44.6 Å². The molecular formula is C42H42N10O10S2. The lowest BCUT2D eigenvalue weighted by Crippen LogP contribution is -2.32. The van der Waals surface area contributed by atoms with Gasteiger partial charge in [-0.2, -0.15) is 13.5 Å². The summed E-state index contributed by atoms with van der Waals surface area (Å²) in [5.74, 6) is -2.48. The number of hydrogen-bond donors (Lipinski definition) is 7. The molecule has 0 aliphatic heterocycles. The number of carboxylic acids is 1. The Morgan fingerprint density at radius 2 is 1.69 bits per heavy atom. The number of carboxylic acid groups (broad SMARTS) is 1. The van der Waals surface area contributed by atoms with E-state index in [1.807, 2.05) is 4.72 Å². The molecule has 2 amide bonds. The number of anilines is 1. The molecule has 0 aliphatic carbocycles. The SMILES string of the molecule is Cc1cc(C)c(S(=O)(=O)NC(=CNC(=O)c2cn(CCCNC(=O)c3ccc(N=NCc4ccccc4S(=O)(=O)O)nc3)c3cc(CNc4ncc[nH]4)ccc3c2=O)C(=O)O)c(C)c1. The highest BCUT2D eigenvalue weighted by Gasteiger charge is 2.24. The molecule has 0 fully saturated rings. The number of carbonyl (C=O) groups is 3. The Morgan fingerprint density at radius 1 is 0.938 bits per heavy atom. The minimum atomic E-state index is -4.45. The van der Waals surface area contributed by atoms with Crippen molar-refractivity contribution in [1.29, 1.82) is 0 Å². The highest BCUT2D eigenvalue weighted by molar-refractivity contribution is 7.89. The quantitative estimate of drug-likeness (QED) is 0.0268. The Morgan fingerprint density at radius 3 is 2.36 bits per heavy atom. The van der Waals surface area contributed by atoms with Gasteiger partial charge in [-0.1, -0.05) is 42.0 Å². The standard InChI is InChI=1S/C42H42N10O10S2/c1-25-17-26(2)38(27(3)18-25)63(58,59)51-33(41(56)57)23-47-40(55)32-24-52(34-19-28(9-11-31(34)37(32)53)20-48-42-44-14-15-45-42)16-6-13-43-39(54)30-10-12-36(46-21-30)50-49-22-29-7-4-5-8-35(29)64(60,61)62/h4-5,7-12,14-15,17-19,21,23-24,51H,6,13,16,20,22H2,1-3H3,(H,43,54)(H,47,55)(H,56,57)(H2,44,45,48)(H,60,61,62). The molecule has 0 radical (unpaired) electrons. The molecule has 20 nitrogen and oxygen atoms in total. The molecule has 64 heavy (non-hydrogen) atoms. The van der Waals surface area contributed by atoms with Crippen LogP contribution in [0.4, 0.5) is 11.8 Å². The number of imidazole rings is 1. The number of nitrogens with one attached hydrogen (secondary N) is 5. The molecule has 6 aromatic rings. The number of benzene rings is 3. The largest absolute Gasteiger partial charge is 0.477 e. The Labute approximate surface area is 366 Å². The molecule has 0 spiro atoms. The topological polar surface area (TPSA) is 296 Å². The van der Waals surface area contributed by atoms with E-state index in [0.29, 0.717) is 41.8 Å². The number of hydrogen-bond acceptors (Lipinski definition) is 13. The smallest absolute Gasteiger partial charge is 0.354 e. The minimum absolute atomic E-state index is 0.112. The lowest BCUT2D eigenvalue weighted by atomic mass is 10.1. The zero-order valence-electron chi connectivity index (χ0n) is 34.5. The summed E-state index contributed by atoms with van der Waals surface area (Å²) < 4.78 is 63.0. The Balaban J connectivity index is 1.17. The van der Waals surface area contributed by atoms with Crippen molar-refractivity contribution in [2.24, 2.45) is 10.2 Å². The van der Waals surface area contributed by atoms with Crippen LogP contribution in [0.2, 0.25) is 0 Å². The van der Waals surface area contributed by atoms with E-state index < -0.39 is 49.1 Å². The van der Waals surface area contributed by atoms with Gasteiger partial charge in [0.05, 0.1) is 27.4 Å². The molecule has 3 aromatic carbocycles. The predicted molar refractivity (Wildman–Crippen MR) is 234 cm³/mol. The maximum absolute atomic E-state index is 13.8. The number of carbonyl (C=O) groups excluding carboxylic acids is 2. The highest BCUT2D eigenvalue weighted by atomic mass is 32.2. The lowest BCUT2D eigenvalue weighted by Gasteiger charge is -2.16. The molecule has 6 rings (SSSR count). The Kier molecular flexibility index (Phi) is 14.1. The summed E-state index contributed by atoms with van der Waals surface area (Å²) in [4.78, 5) is 63.4. The fourth-order valence-corrected chi connectivity index (χ4v) is 9.00. The van der Waals surface area contributed by atoms with Crippen molar-refractivity contribution in [3.05, 3.63) is 153 Å². The van der Waals surface area contributed by atoms with Crippen molar-refractivity contribution in [3.63, 3.8) is 0 Å². The zero-order chi connectivity index (χ0) is 46.2. The molecule has 332 valence electrons. The van der Waals surface area contributed by atoms with Gasteiger partial charge in [-0.25, -0.2) is 23.2 Å². The third-order valence-corrected chi connectivity index (χ3v) is 12.2. The summed E-state index contributed by atoms with van der Waals surface area (Å²) in [6.07, 6.45) is 6.82. The Bertz CT molecular complexity index is 3070. The van der Waals surface area contributed by atoms with E-state index in [-0.39, 0.29) is 57.3 Å². The van der Waals surface area contributed by atoms with Crippen molar-refractivity contribution in [3.8, 4) is 0 Å². The van der Waals surface area contributed by atoms with Crippen LogP contribution in [0.3, 0.4) is 0 Å². The van der Waals surface area contributed by atoms with Crippen molar-refractivity contribution >= 4 is 60.6 Å². The fourth-order valence-electron chi connectivity index (χ4n) is 6.78. The van der Waals surface area contributed by atoms with Gasteiger partial charge in [0.15, 0.2) is 17.5 Å². The third kappa shape index (κ3) is 11.3. The van der Waals surface area contributed by atoms with Crippen LogP contribution in [0.25, 0.3) is 10.9 Å². The van der Waals surface area contributed by atoms with Gasteiger partial charge < -0.3 is 30.6 Å². The summed E-state index contributed by atoms with van der Waals surface area (Å²) in [6.45, 7) is 5.46. The molecule has 0 bridgehead atoms. The van der Waals surface area contributed by atoms with Crippen LogP contribution in [0.1, 0.15) is 55.0 Å². The molecule has 22 heteroatoms. The summed E-state index contributed by atoms with van der Waals surface area (Å²) in [5.41, 5.74) is 1.36. The first-order valence-corrected chi connectivity index (χ1v) is 22.2. The van der Waals surface area contributed by atoms with E-state index in [1.54, 1.807) is 74.1 Å². The van der Waals surface area contributed by atoms with Crippen LogP contribution >= 0.6 is 0 Å². The first-order valence-electron chi connectivity index (χ1n) is 19.3. The van der Waals surface area contributed by atoms with Gasteiger partial charge in [-0.15, -0.1) is 5.11 Å². The van der Waals surface area contributed by atoms with Gasteiger partial charge in [0, 0.05) is 56.0 Å². The number of fused-ring (bicyclic) bond motifs is 1. The fraction of sp³-hybridized carbons (Fsp3) is 0.190. The number of sulfonamides is 1. The molecular weight excluding hydrogens is 869 g/mol. The highest BCUT2D eigenvalue weighted by Crippen LogP contribution is 2.23. The van der Waals surface area contributed by atoms with Gasteiger partial charge >= 0.3 is 5.97 Å². The van der Waals surface area contributed by atoms with Crippen LogP contribution in [-0.4, -0.2) is 70.3 Å². The second-order valence-electron chi connectivity index (χ2n) is 14.4. The molecule has 0 saturated carbocycles. The second kappa shape index (κ2) is 19.7. The number of aromatic nitrogens is 4. The first-order chi connectivity index (χ1) is 30.4. The average Bonchev–Trinajstić information content (AvgIpc) is 3.77. The molecule has 3 heterocycles. The number of nitrogens with zero attached hydrogens (tertiary/aromatic N) is 5. The van der Waals surface area contributed by atoms with Crippen molar-refractivity contribution in [1.82, 2.24) is 34.9 Å². The lowest BCUT2D eigenvalue weighted by molar-refractivity contribution is -0.132.